The third-order valence-electron chi connectivity index (χ3n) is 3.79. The Kier molecular flexibility index (Phi) is 7.36. The number of guanidine groups is 1. The summed E-state index contributed by atoms with van der Waals surface area (Å²) in [5.74, 6) is 1.08. The van der Waals surface area contributed by atoms with Crippen LogP contribution in [-0.2, 0) is 11.2 Å². The lowest BCUT2D eigenvalue weighted by Gasteiger charge is -2.18. The van der Waals surface area contributed by atoms with Crippen LogP contribution in [0, 0.1) is 0 Å². The minimum Gasteiger partial charge on any atom is -0.357 e. The number of nitrogens with one attached hydrogen (secondary N) is 2. The summed E-state index contributed by atoms with van der Waals surface area (Å²) in [4.78, 5) is 19.7. The lowest BCUT2D eigenvalue weighted by atomic mass is 10.3. The van der Waals surface area contributed by atoms with E-state index in [-0.39, 0.29) is 5.91 Å². The van der Waals surface area contributed by atoms with Crippen molar-refractivity contribution in [1.82, 2.24) is 15.5 Å². The first-order valence-electron chi connectivity index (χ1n) is 8.19. The van der Waals surface area contributed by atoms with Crippen LogP contribution in [0.3, 0.4) is 0 Å². The van der Waals surface area contributed by atoms with Crippen LogP contribution in [-0.4, -0.2) is 49.0 Å². The Morgan fingerprint density at radius 2 is 2.30 bits per heavy atom. The van der Waals surface area contributed by atoms with E-state index in [0.29, 0.717) is 12.5 Å². The zero-order valence-corrected chi connectivity index (χ0v) is 16.2. The van der Waals surface area contributed by atoms with Crippen molar-refractivity contribution < 1.29 is 4.79 Å². The van der Waals surface area contributed by atoms with E-state index in [1.165, 1.54) is 4.88 Å². The Hall–Kier alpha value is -1.08. The fourth-order valence-electron chi connectivity index (χ4n) is 2.61. The van der Waals surface area contributed by atoms with Crippen molar-refractivity contribution in [2.45, 2.75) is 39.2 Å². The summed E-state index contributed by atoms with van der Waals surface area (Å²) in [6.45, 7) is 7.18. The number of halogens is 1. The molecular formula is C16H25BrN4OS. The molecule has 2 heterocycles. The topological polar surface area (TPSA) is 56.7 Å². The van der Waals surface area contributed by atoms with E-state index in [1.807, 2.05) is 11.8 Å². The molecule has 1 fully saturated rings. The average Bonchev–Trinajstić information content (AvgIpc) is 3.16. The molecule has 0 spiro atoms. The SMILES string of the molecule is CCNC(=NCCc1ccc(Br)s1)NC1CCN(C(=O)CC)C1. The molecule has 1 saturated heterocycles. The van der Waals surface area contributed by atoms with E-state index < -0.39 is 0 Å². The van der Waals surface area contributed by atoms with Gasteiger partial charge in [0.15, 0.2) is 5.96 Å². The summed E-state index contributed by atoms with van der Waals surface area (Å²) < 4.78 is 1.16. The summed E-state index contributed by atoms with van der Waals surface area (Å²) in [7, 11) is 0. The first-order valence-corrected chi connectivity index (χ1v) is 9.80. The Labute approximate surface area is 150 Å². The van der Waals surface area contributed by atoms with Crippen molar-refractivity contribution in [3.05, 3.63) is 20.8 Å². The minimum absolute atomic E-state index is 0.236. The van der Waals surface area contributed by atoms with Gasteiger partial charge < -0.3 is 15.5 Å². The fraction of sp³-hybridized carbons (Fsp3) is 0.625. The van der Waals surface area contributed by atoms with Gasteiger partial charge >= 0.3 is 0 Å². The molecule has 0 aromatic carbocycles. The third kappa shape index (κ3) is 5.80. The highest BCUT2D eigenvalue weighted by Crippen LogP contribution is 2.22. The highest BCUT2D eigenvalue weighted by molar-refractivity contribution is 9.11. The number of likely N-dealkylation sites (tertiary alicyclic amines) is 1. The highest BCUT2D eigenvalue weighted by Gasteiger charge is 2.25. The summed E-state index contributed by atoms with van der Waals surface area (Å²) in [6, 6.07) is 4.50. The van der Waals surface area contributed by atoms with Gasteiger partial charge in [0.1, 0.15) is 0 Å². The Bertz CT molecular complexity index is 546. The van der Waals surface area contributed by atoms with E-state index in [2.05, 4.69) is 50.6 Å². The van der Waals surface area contributed by atoms with Crippen LogP contribution in [0.1, 0.15) is 31.6 Å². The van der Waals surface area contributed by atoms with E-state index >= 15 is 0 Å². The number of nitrogens with zero attached hydrogens (tertiary/aromatic N) is 2. The van der Waals surface area contributed by atoms with E-state index in [4.69, 9.17) is 0 Å². The van der Waals surface area contributed by atoms with Crippen LogP contribution in [0.4, 0.5) is 0 Å². The summed E-state index contributed by atoms with van der Waals surface area (Å²) in [6.07, 6.45) is 2.50. The first-order chi connectivity index (χ1) is 11.1. The summed E-state index contributed by atoms with van der Waals surface area (Å²) >= 11 is 5.24. The van der Waals surface area contributed by atoms with Crippen LogP contribution in [0.2, 0.25) is 0 Å². The van der Waals surface area contributed by atoms with Crippen LogP contribution in [0.15, 0.2) is 20.9 Å². The van der Waals surface area contributed by atoms with Gasteiger partial charge in [-0.15, -0.1) is 11.3 Å². The van der Waals surface area contributed by atoms with Crippen LogP contribution >= 0.6 is 27.3 Å². The van der Waals surface area contributed by atoms with Crippen LogP contribution in [0.5, 0.6) is 0 Å². The molecule has 2 rings (SSSR count). The molecule has 2 N–H and O–H groups in total. The number of carbonyl (C=O) groups excluding carboxylic acids is 1. The number of carbonyl (C=O) groups is 1. The molecule has 0 radical (unpaired) electrons. The van der Waals surface area contributed by atoms with Crippen molar-refractivity contribution in [1.29, 1.82) is 0 Å². The molecule has 128 valence electrons. The molecule has 1 atom stereocenters. The number of amides is 1. The van der Waals surface area contributed by atoms with Gasteiger partial charge in [0.2, 0.25) is 5.91 Å². The van der Waals surface area contributed by atoms with E-state index in [0.717, 1.165) is 48.8 Å². The molecule has 5 nitrogen and oxygen atoms in total. The second kappa shape index (κ2) is 9.27. The summed E-state index contributed by atoms with van der Waals surface area (Å²) in [5.41, 5.74) is 0. The van der Waals surface area contributed by atoms with Crippen molar-refractivity contribution >= 4 is 39.1 Å². The fourth-order valence-corrected chi connectivity index (χ4v) is 4.08. The number of hydrogen-bond donors (Lipinski definition) is 2. The predicted molar refractivity (Wildman–Crippen MR) is 100 cm³/mol. The zero-order chi connectivity index (χ0) is 16.7. The number of rotatable bonds is 6. The lowest BCUT2D eigenvalue weighted by molar-refractivity contribution is -0.129. The lowest BCUT2D eigenvalue weighted by Crippen LogP contribution is -2.45. The number of aliphatic imine (C=N–C) groups is 1. The van der Waals surface area contributed by atoms with Crippen molar-refractivity contribution in [2.75, 3.05) is 26.2 Å². The van der Waals surface area contributed by atoms with Gasteiger partial charge in [-0.25, -0.2) is 0 Å². The van der Waals surface area contributed by atoms with Crippen molar-refractivity contribution in [3.8, 4) is 0 Å². The van der Waals surface area contributed by atoms with Gasteiger partial charge in [-0.05, 0) is 41.4 Å². The van der Waals surface area contributed by atoms with Gasteiger partial charge in [-0.1, -0.05) is 6.92 Å². The molecule has 23 heavy (non-hydrogen) atoms. The minimum atomic E-state index is 0.236. The van der Waals surface area contributed by atoms with Crippen molar-refractivity contribution in [3.63, 3.8) is 0 Å². The van der Waals surface area contributed by atoms with Crippen molar-refractivity contribution in [2.24, 2.45) is 4.99 Å². The molecule has 1 aromatic heterocycles. The largest absolute Gasteiger partial charge is 0.357 e. The molecule has 0 saturated carbocycles. The normalized spacial score (nSPS) is 18.3. The molecule has 1 aromatic rings. The third-order valence-corrected chi connectivity index (χ3v) is 5.47. The average molecular weight is 401 g/mol. The second-order valence-corrected chi connectivity index (χ2v) is 8.09. The molecule has 1 unspecified atom stereocenters. The zero-order valence-electron chi connectivity index (χ0n) is 13.8. The number of thiophene rings is 1. The second-order valence-electron chi connectivity index (χ2n) is 5.54. The maximum Gasteiger partial charge on any atom is 0.222 e. The first kappa shape index (κ1) is 18.3. The van der Waals surface area contributed by atoms with E-state index in [1.54, 1.807) is 11.3 Å². The molecule has 7 heteroatoms. The van der Waals surface area contributed by atoms with Gasteiger partial charge in [0.25, 0.3) is 0 Å². The molecule has 1 aliphatic rings. The maximum atomic E-state index is 11.8. The molecule has 0 bridgehead atoms. The quantitative estimate of drug-likeness (QED) is 0.569. The van der Waals surface area contributed by atoms with Gasteiger partial charge in [-0.2, -0.15) is 0 Å². The molecular weight excluding hydrogens is 376 g/mol. The predicted octanol–water partition coefficient (Wildman–Crippen LogP) is 2.62. The van der Waals surface area contributed by atoms with Gasteiger partial charge in [-0.3, -0.25) is 9.79 Å². The van der Waals surface area contributed by atoms with E-state index in [9.17, 15) is 4.79 Å². The monoisotopic (exact) mass is 400 g/mol. The molecule has 0 aliphatic carbocycles. The molecule has 1 aliphatic heterocycles. The van der Waals surface area contributed by atoms with Gasteiger partial charge in [0.05, 0.1) is 3.79 Å². The Morgan fingerprint density at radius 1 is 1.48 bits per heavy atom. The Balaban J connectivity index is 1.83. The maximum absolute atomic E-state index is 11.8. The van der Waals surface area contributed by atoms with Gasteiger partial charge in [0, 0.05) is 49.9 Å². The standard InChI is InChI=1S/C16H25BrN4OS/c1-3-15(22)21-10-8-12(11-21)20-16(18-4-2)19-9-7-13-5-6-14(17)23-13/h5-6,12H,3-4,7-11H2,1-2H3,(H2,18,19,20). The smallest absolute Gasteiger partial charge is 0.222 e. The Morgan fingerprint density at radius 3 is 2.96 bits per heavy atom. The van der Waals surface area contributed by atoms with Crippen LogP contribution < -0.4 is 10.6 Å². The highest BCUT2D eigenvalue weighted by atomic mass is 79.9. The molecule has 1 amide bonds. The number of hydrogen-bond acceptors (Lipinski definition) is 3. The summed E-state index contributed by atoms with van der Waals surface area (Å²) in [5, 5.41) is 6.75. The van der Waals surface area contributed by atoms with Crippen LogP contribution in [0.25, 0.3) is 0 Å².